The van der Waals surface area contributed by atoms with Gasteiger partial charge in [-0.15, -0.1) is 0 Å². The second-order valence-electron chi connectivity index (χ2n) is 6.04. The molecule has 140 valence electrons. The third-order valence-corrected chi connectivity index (χ3v) is 4.21. The van der Waals surface area contributed by atoms with Crippen LogP contribution in [0.15, 0.2) is 53.2 Å². The Morgan fingerprint density at radius 1 is 0.926 bits per heavy atom. The Labute approximate surface area is 158 Å². The van der Waals surface area contributed by atoms with Gasteiger partial charge in [-0.2, -0.15) is 0 Å². The van der Waals surface area contributed by atoms with Gasteiger partial charge in [-0.1, -0.05) is 12.1 Å². The first-order chi connectivity index (χ1) is 13.1. The number of carbonyl (C=O) groups is 1. The third-order valence-electron chi connectivity index (χ3n) is 4.21. The molecule has 6 nitrogen and oxygen atoms in total. The quantitative estimate of drug-likeness (QED) is 0.764. The average Bonchev–Trinajstić information content (AvgIpc) is 3.05. The molecule has 3 rings (SSSR count). The zero-order chi connectivity index (χ0) is 19.2. The lowest BCUT2D eigenvalue weighted by Gasteiger charge is -2.05. The minimum absolute atomic E-state index is 0.211. The maximum absolute atomic E-state index is 12.2. The predicted octanol–water partition coefficient (Wildman–Crippen LogP) is 3.21. The van der Waals surface area contributed by atoms with Crippen LogP contribution in [-0.2, 0) is 11.2 Å². The number of hydrogen-bond donors (Lipinski definition) is 1. The molecule has 0 aliphatic carbocycles. The van der Waals surface area contributed by atoms with Crippen LogP contribution < -0.4 is 19.5 Å². The lowest BCUT2D eigenvalue weighted by molar-refractivity contribution is -0.115. The van der Waals surface area contributed by atoms with Gasteiger partial charge < -0.3 is 19.5 Å². The van der Waals surface area contributed by atoms with Crippen molar-refractivity contribution < 1.29 is 19.0 Å². The van der Waals surface area contributed by atoms with Gasteiger partial charge in [0.15, 0.2) is 0 Å². The van der Waals surface area contributed by atoms with Gasteiger partial charge in [0.1, 0.15) is 28.8 Å². The molecule has 6 heteroatoms. The Morgan fingerprint density at radius 2 is 1.63 bits per heavy atom. The topological polar surface area (TPSA) is 69.1 Å². The van der Waals surface area contributed by atoms with Gasteiger partial charge in [0.2, 0.25) is 0 Å². The van der Waals surface area contributed by atoms with Gasteiger partial charge in [0.25, 0.3) is 5.91 Å². The summed E-state index contributed by atoms with van der Waals surface area (Å²) < 4.78 is 15.8. The number of hydrogen-bond acceptors (Lipinski definition) is 5. The van der Waals surface area contributed by atoms with Gasteiger partial charge in [-0.25, -0.2) is 4.99 Å². The van der Waals surface area contributed by atoms with Crippen molar-refractivity contribution in [1.29, 1.82) is 0 Å². The number of rotatable bonds is 7. The number of amidine groups is 1. The molecule has 1 heterocycles. The highest BCUT2D eigenvalue weighted by Gasteiger charge is 2.20. The molecule has 1 N–H and O–H groups in total. The van der Waals surface area contributed by atoms with Crippen molar-refractivity contribution in [3.63, 3.8) is 0 Å². The smallest absolute Gasteiger partial charge is 0.275 e. The van der Waals surface area contributed by atoms with E-state index in [4.69, 9.17) is 14.2 Å². The Kier molecular flexibility index (Phi) is 5.76. The number of methoxy groups -OCH3 is 3. The first-order valence-electron chi connectivity index (χ1n) is 8.58. The van der Waals surface area contributed by atoms with E-state index in [9.17, 15) is 4.79 Å². The summed E-state index contributed by atoms with van der Waals surface area (Å²) in [6, 6.07) is 13.3. The lowest BCUT2D eigenvalue weighted by atomic mass is 10.1. The molecule has 0 saturated heterocycles. The second kappa shape index (κ2) is 8.40. The first kappa shape index (κ1) is 18.5. The maximum Gasteiger partial charge on any atom is 0.275 e. The van der Waals surface area contributed by atoms with Crippen LogP contribution in [0.4, 0.5) is 0 Å². The van der Waals surface area contributed by atoms with Gasteiger partial charge in [0, 0.05) is 12.5 Å². The van der Waals surface area contributed by atoms with Crippen LogP contribution in [0.1, 0.15) is 17.5 Å². The Balaban J connectivity index is 1.74. The highest BCUT2D eigenvalue weighted by molar-refractivity contribution is 6.14. The van der Waals surface area contributed by atoms with Crippen LogP contribution in [0.2, 0.25) is 0 Å². The number of ether oxygens (including phenoxy) is 3. The van der Waals surface area contributed by atoms with Crippen molar-refractivity contribution >= 4 is 17.8 Å². The normalized spacial score (nSPS) is 14.7. The lowest BCUT2D eigenvalue weighted by Crippen LogP contribution is -2.24. The zero-order valence-corrected chi connectivity index (χ0v) is 15.6. The summed E-state index contributed by atoms with van der Waals surface area (Å²) >= 11 is 0. The van der Waals surface area contributed by atoms with E-state index in [-0.39, 0.29) is 5.91 Å². The van der Waals surface area contributed by atoms with Crippen molar-refractivity contribution in [3.05, 3.63) is 59.3 Å². The van der Waals surface area contributed by atoms with Crippen LogP contribution in [0.5, 0.6) is 17.2 Å². The van der Waals surface area contributed by atoms with Crippen LogP contribution in [0.25, 0.3) is 6.08 Å². The summed E-state index contributed by atoms with van der Waals surface area (Å²) in [5, 5.41) is 2.83. The summed E-state index contributed by atoms with van der Waals surface area (Å²) in [7, 11) is 4.82. The Hall–Kier alpha value is -3.28. The number of aliphatic imine (C=N–C) groups is 1. The summed E-state index contributed by atoms with van der Waals surface area (Å²) in [5.74, 6) is 2.57. The van der Waals surface area contributed by atoms with Crippen molar-refractivity contribution in [2.45, 2.75) is 12.8 Å². The molecule has 0 fully saturated rings. The standard InChI is InChI=1S/C21H22N2O4/c1-25-16-6-4-5-14(9-16)7-8-20-22-19(21(24)23-20)12-15-10-17(26-2)13-18(11-15)27-3/h4-6,9-13H,7-8H2,1-3H3,(H,22,23,24)/b19-12+. The van der Waals surface area contributed by atoms with Crippen LogP contribution in [0.3, 0.4) is 0 Å². The molecular weight excluding hydrogens is 344 g/mol. The summed E-state index contributed by atoms with van der Waals surface area (Å²) in [6.45, 7) is 0. The molecular formula is C21H22N2O4. The van der Waals surface area contributed by atoms with Gasteiger partial charge in [-0.3, -0.25) is 4.79 Å². The minimum atomic E-state index is -0.211. The molecule has 0 unspecified atom stereocenters. The van der Waals surface area contributed by atoms with E-state index < -0.39 is 0 Å². The van der Waals surface area contributed by atoms with Crippen molar-refractivity contribution in [2.75, 3.05) is 21.3 Å². The molecule has 0 aromatic heterocycles. The molecule has 0 spiro atoms. The summed E-state index contributed by atoms with van der Waals surface area (Å²) in [6.07, 6.45) is 3.12. The van der Waals surface area contributed by atoms with Crippen LogP contribution in [0, 0.1) is 0 Å². The molecule has 2 aromatic rings. The summed E-state index contributed by atoms with van der Waals surface area (Å²) in [4.78, 5) is 16.7. The van der Waals surface area contributed by atoms with E-state index >= 15 is 0 Å². The number of nitrogens with one attached hydrogen (secondary N) is 1. The molecule has 1 amide bonds. The number of nitrogens with zero attached hydrogens (tertiary/aromatic N) is 1. The van der Waals surface area contributed by atoms with Crippen LogP contribution >= 0.6 is 0 Å². The van der Waals surface area contributed by atoms with E-state index in [1.165, 1.54) is 0 Å². The van der Waals surface area contributed by atoms with Gasteiger partial charge in [-0.05, 0) is 47.9 Å². The maximum atomic E-state index is 12.2. The average molecular weight is 366 g/mol. The Bertz CT molecular complexity index is 881. The second-order valence-corrected chi connectivity index (χ2v) is 6.04. The molecule has 0 atom stereocenters. The van der Waals surface area contributed by atoms with E-state index in [1.54, 1.807) is 33.5 Å². The van der Waals surface area contributed by atoms with E-state index in [2.05, 4.69) is 10.3 Å². The van der Waals surface area contributed by atoms with Crippen molar-refractivity contribution in [3.8, 4) is 17.2 Å². The summed E-state index contributed by atoms with van der Waals surface area (Å²) in [5.41, 5.74) is 2.28. The Morgan fingerprint density at radius 3 is 2.30 bits per heavy atom. The SMILES string of the molecule is COc1cccc(CCC2=N/C(=C/c3cc(OC)cc(OC)c3)C(=O)N2)c1. The number of aryl methyl sites for hydroxylation is 1. The molecule has 0 saturated carbocycles. The molecule has 1 aliphatic heterocycles. The predicted molar refractivity (Wildman–Crippen MR) is 104 cm³/mol. The van der Waals surface area contributed by atoms with Gasteiger partial charge in [0.05, 0.1) is 21.3 Å². The van der Waals surface area contributed by atoms with E-state index in [0.717, 1.165) is 23.3 Å². The highest BCUT2D eigenvalue weighted by atomic mass is 16.5. The third kappa shape index (κ3) is 4.67. The fourth-order valence-electron chi connectivity index (χ4n) is 2.80. The molecule has 0 radical (unpaired) electrons. The fraction of sp³-hybridized carbons (Fsp3) is 0.238. The van der Waals surface area contributed by atoms with Crippen LogP contribution in [-0.4, -0.2) is 33.1 Å². The van der Waals surface area contributed by atoms with Crippen molar-refractivity contribution in [1.82, 2.24) is 5.32 Å². The molecule has 1 aliphatic rings. The van der Waals surface area contributed by atoms with Gasteiger partial charge >= 0.3 is 0 Å². The molecule has 2 aromatic carbocycles. The van der Waals surface area contributed by atoms with E-state index in [1.807, 2.05) is 36.4 Å². The number of benzene rings is 2. The molecule has 0 bridgehead atoms. The first-order valence-corrected chi connectivity index (χ1v) is 8.58. The fourth-order valence-corrected chi connectivity index (χ4v) is 2.80. The highest BCUT2D eigenvalue weighted by Crippen LogP contribution is 2.25. The van der Waals surface area contributed by atoms with E-state index in [0.29, 0.717) is 29.5 Å². The van der Waals surface area contributed by atoms with Crippen molar-refractivity contribution in [2.24, 2.45) is 4.99 Å². The largest absolute Gasteiger partial charge is 0.497 e. The monoisotopic (exact) mass is 366 g/mol. The number of amides is 1. The number of carbonyl (C=O) groups excluding carboxylic acids is 1. The zero-order valence-electron chi connectivity index (χ0n) is 15.6. The molecule has 27 heavy (non-hydrogen) atoms. The minimum Gasteiger partial charge on any atom is -0.497 e.